The fraction of sp³-hybridized carbons (Fsp3) is 0.265. The highest BCUT2D eigenvalue weighted by molar-refractivity contribution is 5.89. The van der Waals surface area contributed by atoms with Crippen molar-refractivity contribution in [2.45, 2.75) is 57.8 Å². The Morgan fingerprint density at radius 3 is 2.08 bits per heavy atom. The lowest BCUT2D eigenvalue weighted by Crippen LogP contribution is -2.08. The van der Waals surface area contributed by atoms with Crippen LogP contribution in [0.3, 0.4) is 0 Å². The minimum Gasteiger partial charge on any atom is -0.489 e. The molecule has 0 amide bonds. The van der Waals surface area contributed by atoms with Gasteiger partial charge in [0.05, 0.1) is 5.56 Å². The SMILES string of the molecule is O=C(OCc1ccccc1)c1ccc(NCc2ccc(C3CCCCC3)cc2OCc2ccccc2)cc1. The van der Waals surface area contributed by atoms with E-state index >= 15 is 0 Å². The van der Waals surface area contributed by atoms with E-state index in [0.717, 1.165) is 28.1 Å². The molecule has 1 saturated carbocycles. The van der Waals surface area contributed by atoms with Gasteiger partial charge in [-0.15, -0.1) is 0 Å². The summed E-state index contributed by atoms with van der Waals surface area (Å²) in [6.07, 6.45) is 6.49. The average Bonchev–Trinajstić information content (AvgIpc) is 2.99. The van der Waals surface area contributed by atoms with Crippen molar-refractivity contribution in [1.82, 2.24) is 0 Å². The summed E-state index contributed by atoms with van der Waals surface area (Å²) in [6, 6.07) is 34.2. The highest BCUT2D eigenvalue weighted by atomic mass is 16.5. The number of benzene rings is 4. The molecule has 4 heteroatoms. The summed E-state index contributed by atoms with van der Waals surface area (Å²) in [5, 5.41) is 3.49. The van der Waals surface area contributed by atoms with Gasteiger partial charge in [0.2, 0.25) is 0 Å². The van der Waals surface area contributed by atoms with Crippen molar-refractivity contribution >= 4 is 11.7 Å². The lowest BCUT2D eigenvalue weighted by molar-refractivity contribution is 0.0472. The number of rotatable bonds is 10. The third kappa shape index (κ3) is 7.04. The first-order valence-electron chi connectivity index (χ1n) is 13.6. The first-order chi connectivity index (χ1) is 18.7. The van der Waals surface area contributed by atoms with E-state index in [1.807, 2.05) is 60.7 Å². The maximum absolute atomic E-state index is 12.4. The molecule has 0 unspecified atom stereocenters. The number of esters is 1. The lowest BCUT2D eigenvalue weighted by Gasteiger charge is -2.23. The van der Waals surface area contributed by atoms with Crippen LogP contribution in [0.4, 0.5) is 5.69 Å². The maximum atomic E-state index is 12.4. The average molecular weight is 506 g/mol. The number of hydrogen-bond donors (Lipinski definition) is 1. The van der Waals surface area contributed by atoms with E-state index in [9.17, 15) is 4.79 Å². The molecular formula is C34H35NO3. The van der Waals surface area contributed by atoms with E-state index in [1.54, 1.807) is 12.1 Å². The van der Waals surface area contributed by atoms with E-state index in [4.69, 9.17) is 9.47 Å². The number of anilines is 1. The van der Waals surface area contributed by atoms with Crippen LogP contribution in [0.5, 0.6) is 5.75 Å². The second kappa shape index (κ2) is 13.0. The summed E-state index contributed by atoms with van der Waals surface area (Å²) in [5.41, 5.74) is 6.11. The normalized spacial score (nSPS) is 13.6. The second-order valence-corrected chi connectivity index (χ2v) is 9.97. The molecule has 1 aliphatic rings. The Morgan fingerprint density at radius 2 is 1.39 bits per heavy atom. The Hall–Kier alpha value is -4.05. The summed E-state index contributed by atoms with van der Waals surface area (Å²) in [6.45, 7) is 1.44. The van der Waals surface area contributed by atoms with Crippen LogP contribution in [0, 0.1) is 0 Å². The first kappa shape index (κ1) is 25.6. The van der Waals surface area contributed by atoms with Crippen molar-refractivity contribution < 1.29 is 14.3 Å². The molecule has 0 aliphatic heterocycles. The quantitative estimate of drug-likeness (QED) is 0.220. The molecule has 0 bridgehead atoms. The molecule has 194 valence electrons. The monoisotopic (exact) mass is 505 g/mol. The van der Waals surface area contributed by atoms with Crippen molar-refractivity contribution in [3.63, 3.8) is 0 Å². The fourth-order valence-corrected chi connectivity index (χ4v) is 5.00. The molecular weight excluding hydrogens is 470 g/mol. The van der Waals surface area contributed by atoms with Gasteiger partial charge in [-0.3, -0.25) is 0 Å². The highest BCUT2D eigenvalue weighted by Gasteiger charge is 2.17. The van der Waals surface area contributed by atoms with Crippen molar-refractivity contribution in [1.29, 1.82) is 0 Å². The zero-order chi connectivity index (χ0) is 26.0. The van der Waals surface area contributed by atoms with Gasteiger partial charge in [0.1, 0.15) is 19.0 Å². The van der Waals surface area contributed by atoms with Crippen molar-refractivity contribution in [2.75, 3.05) is 5.32 Å². The van der Waals surface area contributed by atoms with Crippen LogP contribution in [0.2, 0.25) is 0 Å². The number of carbonyl (C=O) groups excluding carboxylic acids is 1. The molecule has 38 heavy (non-hydrogen) atoms. The van der Waals surface area contributed by atoms with Crippen LogP contribution in [0.15, 0.2) is 103 Å². The topological polar surface area (TPSA) is 47.6 Å². The molecule has 4 aromatic rings. The fourth-order valence-electron chi connectivity index (χ4n) is 5.00. The van der Waals surface area contributed by atoms with Gasteiger partial charge in [-0.2, -0.15) is 0 Å². The third-order valence-corrected chi connectivity index (χ3v) is 7.22. The first-order valence-corrected chi connectivity index (χ1v) is 13.6. The van der Waals surface area contributed by atoms with Gasteiger partial charge in [-0.05, 0) is 65.8 Å². The van der Waals surface area contributed by atoms with Crippen LogP contribution >= 0.6 is 0 Å². The molecule has 0 saturated heterocycles. The Labute approximate surface area is 225 Å². The number of nitrogens with one attached hydrogen (secondary N) is 1. The molecule has 4 nitrogen and oxygen atoms in total. The zero-order valence-corrected chi connectivity index (χ0v) is 21.8. The van der Waals surface area contributed by atoms with Crippen LogP contribution in [-0.4, -0.2) is 5.97 Å². The van der Waals surface area contributed by atoms with Crippen molar-refractivity contribution in [2.24, 2.45) is 0 Å². The molecule has 4 aromatic carbocycles. The third-order valence-electron chi connectivity index (χ3n) is 7.22. The van der Waals surface area contributed by atoms with Gasteiger partial charge < -0.3 is 14.8 Å². The van der Waals surface area contributed by atoms with Crippen LogP contribution in [-0.2, 0) is 24.5 Å². The molecule has 0 atom stereocenters. The molecule has 1 N–H and O–H groups in total. The van der Waals surface area contributed by atoms with Crippen LogP contribution < -0.4 is 10.1 Å². The minimum absolute atomic E-state index is 0.266. The van der Waals surface area contributed by atoms with Crippen LogP contribution in [0.1, 0.15) is 70.6 Å². The van der Waals surface area contributed by atoms with E-state index in [0.29, 0.717) is 24.6 Å². The molecule has 1 fully saturated rings. The summed E-state index contributed by atoms with van der Waals surface area (Å²) in [5.74, 6) is 1.24. The Bertz CT molecular complexity index is 1300. The molecule has 5 rings (SSSR count). The molecule has 0 aromatic heterocycles. The minimum atomic E-state index is -0.324. The highest BCUT2D eigenvalue weighted by Crippen LogP contribution is 2.35. The molecule has 0 heterocycles. The van der Waals surface area contributed by atoms with E-state index in [2.05, 4.69) is 35.6 Å². The summed E-state index contributed by atoms with van der Waals surface area (Å²) >= 11 is 0. The Morgan fingerprint density at radius 1 is 0.737 bits per heavy atom. The predicted molar refractivity (Wildman–Crippen MR) is 152 cm³/mol. The molecule has 0 spiro atoms. The second-order valence-electron chi connectivity index (χ2n) is 9.97. The van der Waals surface area contributed by atoms with Crippen molar-refractivity contribution in [3.8, 4) is 5.75 Å². The van der Waals surface area contributed by atoms with E-state index in [-0.39, 0.29) is 12.6 Å². The van der Waals surface area contributed by atoms with E-state index in [1.165, 1.54) is 37.7 Å². The lowest BCUT2D eigenvalue weighted by atomic mass is 9.84. The smallest absolute Gasteiger partial charge is 0.338 e. The van der Waals surface area contributed by atoms with Gasteiger partial charge in [-0.1, -0.05) is 92.1 Å². The molecule has 1 aliphatic carbocycles. The van der Waals surface area contributed by atoms with Gasteiger partial charge >= 0.3 is 5.97 Å². The molecule has 0 radical (unpaired) electrons. The Balaban J connectivity index is 1.23. The zero-order valence-electron chi connectivity index (χ0n) is 21.8. The number of carbonyl (C=O) groups is 1. The Kier molecular flexibility index (Phi) is 8.73. The summed E-state index contributed by atoms with van der Waals surface area (Å²) in [7, 11) is 0. The summed E-state index contributed by atoms with van der Waals surface area (Å²) < 4.78 is 11.8. The summed E-state index contributed by atoms with van der Waals surface area (Å²) in [4.78, 5) is 12.4. The van der Waals surface area contributed by atoms with Gasteiger partial charge in [0.25, 0.3) is 0 Å². The van der Waals surface area contributed by atoms with Gasteiger partial charge in [-0.25, -0.2) is 4.79 Å². The number of ether oxygens (including phenoxy) is 2. The van der Waals surface area contributed by atoms with E-state index < -0.39 is 0 Å². The number of hydrogen-bond acceptors (Lipinski definition) is 4. The standard InChI is InChI=1S/C34H35NO3/c36-34(38-25-27-12-6-2-7-13-27)29-18-20-32(21-19-29)35-23-31-17-16-30(28-14-8-3-9-15-28)22-33(31)37-24-26-10-4-1-5-11-26/h1-2,4-7,10-13,16-22,28,35H,3,8-9,14-15,23-25H2. The largest absolute Gasteiger partial charge is 0.489 e. The van der Waals surface area contributed by atoms with Gasteiger partial charge in [0.15, 0.2) is 0 Å². The maximum Gasteiger partial charge on any atom is 0.338 e. The van der Waals surface area contributed by atoms with Crippen molar-refractivity contribution in [3.05, 3.63) is 131 Å². The van der Waals surface area contributed by atoms with Gasteiger partial charge in [0, 0.05) is 17.8 Å². The predicted octanol–water partition coefficient (Wildman–Crippen LogP) is 8.28. The van der Waals surface area contributed by atoms with Crippen LogP contribution in [0.25, 0.3) is 0 Å².